The van der Waals surface area contributed by atoms with Gasteiger partial charge in [-0.15, -0.1) is 13.2 Å². The Morgan fingerprint density at radius 1 is 0.833 bits per heavy atom. The molecule has 1 heterocycles. The highest BCUT2D eigenvalue weighted by atomic mass is 19.4. The van der Waals surface area contributed by atoms with E-state index in [1.54, 1.807) is 11.0 Å². The molecule has 0 unspecified atom stereocenters. The van der Waals surface area contributed by atoms with E-state index in [0.717, 1.165) is 36.8 Å². The third-order valence-corrected chi connectivity index (χ3v) is 7.19. The van der Waals surface area contributed by atoms with Gasteiger partial charge in [0.15, 0.2) is 0 Å². The largest absolute Gasteiger partial charge is 0.522 e. The maximum Gasteiger partial charge on any atom is 0.522 e. The number of hydrogen-bond donors (Lipinski definition) is 2. The summed E-state index contributed by atoms with van der Waals surface area (Å²) in [5.41, 5.74) is 3.64. The predicted molar refractivity (Wildman–Crippen MR) is 144 cm³/mol. The van der Waals surface area contributed by atoms with Crippen LogP contribution in [0.2, 0.25) is 0 Å². The van der Waals surface area contributed by atoms with Gasteiger partial charge in [-0.3, -0.25) is 4.74 Å². The highest BCUT2D eigenvalue weighted by molar-refractivity contribution is 5.89. The summed E-state index contributed by atoms with van der Waals surface area (Å²) in [4.78, 5) is 26.4. The molecule has 2 aliphatic rings. The zero-order chi connectivity index (χ0) is 30.0. The second-order valence-electron chi connectivity index (χ2n) is 10.2. The molecule has 2 aromatic rings. The van der Waals surface area contributed by atoms with Crippen molar-refractivity contribution in [2.24, 2.45) is 0 Å². The molecule has 0 spiro atoms. The van der Waals surface area contributed by atoms with Crippen LogP contribution in [0, 0.1) is 5.82 Å². The van der Waals surface area contributed by atoms with Crippen LogP contribution in [-0.2, 0) is 32.0 Å². The Morgan fingerprint density at radius 2 is 1.48 bits per heavy atom. The Balaban J connectivity index is 1.06. The van der Waals surface area contributed by atoms with E-state index in [4.69, 9.17) is 14.2 Å². The van der Waals surface area contributed by atoms with Gasteiger partial charge >= 0.3 is 18.5 Å². The van der Waals surface area contributed by atoms with Crippen LogP contribution in [0.5, 0.6) is 0 Å². The van der Waals surface area contributed by atoms with Crippen molar-refractivity contribution in [3.63, 3.8) is 0 Å². The number of halogens is 4. The molecule has 42 heavy (non-hydrogen) atoms. The van der Waals surface area contributed by atoms with E-state index in [9.17, 15) is 27.2 Å². The fraction of sp³-hybridized carbons (Fsp3) is 0.517. The number of ether oxygens (including phenoxy) is 4. The number of alkyl carbamates (subject to hydrolysis) is 1. The van der Waals surface area contributed by atoms with Crippen LogP contribution in [0.3, 0.4) is 0 Å². The first kappa shape index (κ1) is 31.5. The number of carbonyl (C=O) groups is 2. The third-order valence-electron chi connectivity index (χ3n) is 7.19. The molecule has 0 saturated heterocycles. The van der Waals surface area contributed by atoms with Crippen molar-refractivity contribution in [1.29, 1.82) is 0 Å². The number of amides is 3. The summed E-state index contributed by atoms with van der Waals surface area (Å²) in [6, 6.07) is 12.2. The highest BCUT2D eigenvalue weighted by Crippen LogP contribution is 2.33. The molecule has 9 nitrogen and oxygen atoms in total. The molecule has 2 aromatic carbocycles. The minimum Gasteiger partial charge on any atom is -0.447 e. The molecule has 3 amide bonds. The molecular formula is C29H35F4N3O6. The van der Waals surface area contributed by atoms with E-state index in [2.05, 4.69) is 15.4 Å². The summed E-state index contributed by atoms with van der Waals surface area (Å²) in [6.07, 6.45) is -1.78. The van der Waals surface area contributed by atoms with E-state index in [-0.39, 0.29) is 50.9 Å². The van der Waals surface area contributed by atoms with Crippen molar-refractivity contribution in [1.82, 2.24) is 10.2 Å². The van der Waals surface area contributed by atoms with Gasteiger partial charge in [-0.25, -0.2) is 14.0 Å². The quantitative estimate of drug-likeness (QED) is 0.241. The van der Waals surface area contributed by atoms with Crippen LogP contribution in [0.4, 0.5) is 32.8 Å². The SMILES string of the molecule is O=C(NC1CCC(c2ccc(NC(=O)N3Cc4ccc(F)cc4C3)cc2)CC1)OCCOCCOCCOC(F)(F)F. The first-order chi connectivity index (χ1) is 20.2. The minimum atomic E-state index is -4.67. The van der Waals surface area contributed by atoms with Crippen molar-refractivity contribution in [2.75, 3.05) is 45.0 Å². The second kappa shape index (κ2) is 15.2. The topological polar surface area (TPSA) is 98.4 Å². The third kappa shape index (κ3) is 10.1. The molecule has 0 bridgehead atoms. The van der Waals surface area contributed by atoms with Gasteiger partial charge in [0.05, 0.1) is 33.0 Å². The summed E-state index contributed by atoms with van der Waals surface area (Å²) in [6.45, 7) is 0.489. The van der Waals surface area contributed by atoms with Gasteiger partial charge in [0, 0.05) is 24.8 Å². The molecular weight excluding hydrogens is 562 g/mol. The molecule has 2 N–H and O–H groups in total. The van der Waals surface area contributed by atoms with Crippen molar-refractivity contribution in [2.45, 2.75) is 57.1 Å². The number of anilines is 1. The molecule has 230 valence electrons. The zero-order valence-electron chi connectivity index (χ0n) is 23.1. The summed E-state index contributed by atoms with van der Waals surface area (Å²) in [5, 5.41) is 5.79. The molecule has 4 rings (SSSR count). The number of carbonyl (C=O) groups excluding carboxylic acids is 2. The lowest BCUT2D eigenvalue weighted by atomic mass is 9.82. The average molecular weight is 598 g/mol. The van der Waals surface area contributed by atoms with Crippen LogP contribution in [0.25, 0.3) is 0 Å². The predicted octanol–water partition coefficient (Wildman–Crippen LogP) is 5.70. The van der Waals surface area contributed by atoms with Crippen LogP contribution in [0.1, 0.15) is 48.3 Å². The lowest BCUT2D eigenvalue weighted by Gasteiger charge is -2.29. The zero-order valence-corrected chi connectivity index (χ0v) is 23.1. The Labute approximate surface area is 241 Å². The van der Waals surface area contributed by atoms with Gasteiger partial charge in [0.25, 0.3) is 0 Å². The second-order valence-corrected chi connectivity index (χ2v) is 10.2. The Kier molecular flexibility index (Phi) is 11.4. The fourth-order valence-electron chi connectivity index (χ4n) is 5.06. The lowest BCUT2D eigenvalue weighted by Crippen LogP contribution is -2.38. The van der Waals surface area contributed by atoms with E-state index >= 15 is 0 Å². The number of fused-ring (bicyclic) bond motifs is 1. The summed E-state index contributed by atoms with van der Waals surface area (Å²) in [5.74, 6) is 0.0443. The molecule has 1 aliphatic heterocycles. The summed E-state index contributed by atoms with van der Waals surface area (Å²) < 4.78 is 67.8. The first-order valence-electron chi connectivity index (χ1n) is 13.9. The summed E-state index contributed by atoms with van der Waals surface area (Å²) in [7, 11) is 0. The van der Waals surface area contributed by atoms with Crippen LogP contribution in [0.15, 0.2) is 42.5 Å². The minimum absolute atomic E-state index is 0.0126. The van der Waals surface area contributed by atoms with Gasteiger partial charge in [-0.2, -0.15) is 0 Å². The van der Waals surface area contributed by atoms with Gasteiger partial charge in [-0.1, -0.05) is 18.2 Å². The van der Waals surface area contributed by atoms with Crippen molar-refractivity contribution in [3.05, 3.63) is 65.0 Å². The van der Waals surface area contributed by atoms with Gasteiger partial charge in [0.2, 0.25) is 0 Å². The highest BCUT2D eigenvalue weighted by Gasteiger charge is 2.28. The van der Waals surface area contributed by atoms with E-state index in [1.807, 2.05) is 24.3 Å². The van der Waals surface area contributed by atoms with E-state index in [0.29, 0.717) is 24.7 Å². The molecule has 13 heteroatoms. The number of alkyl halides is 3. The van der Waals surface area contributed by atoms with Crippen molar-refractivity contribution >= 4 is 17.8 Å². The fourth-order valence-corrected chi connectivity index (χ4v) is 5.06. The number of urea groups is 1. The maximum atomic E-state index is 13.5. The number of nitrogens with zero attached hydrogens (tertiary/aromatic N) is 1. The van der Waals surface area contributed by atoms with E-state index in [1.165, 1.54) is 17.7 Å². The van der Waals surface area contributed by atoms with Crippen molar-refractivity contribution in [3.8, 4) is 0 Å². The molecule has 0 radical (unpaired) electrons. The number of rotatable bonds is 12. The smallest absolute Gasteiger partial charge is 0.447 e. The van der Waals surface area contributed by atoms with Gasteiger partial charge < -0.3 is 29.7 Å². The molecule has 1 aliphatic carbocycles. The van der Waals surface area contributed by atoms with Crippen LogP contribution >= 0.6 is 0 Å². The number of nitrogens with one attached hydrogen (secondary N) is 2. The van der Waals surface area contributed by atoms with Crippen LogP contribution < -0.4 is 10.6 Å². The van der Waals surface area contributed by atoms with E-state index < -0.39 is 19.1 Å². The molecule has 1 saturated carbocycles. The monoisotopic (exact) mass is 597 g/mol. The average Bonchev–Trinajstić information content (AvgIpc) is 3.38. The number of hydrogen-bond acceptors (Lipinski definition) is 6. The normalized spacial score (nSPS) is 18.4. The van der Waals surface area contributed by atoms with Crippen LogP contribution in [-0.4, -0.2) is 69.1 Å². The standard InChI is InChI=1S/C29H35F4N3O6/c30-24-6-1-22-18-36(19-23(22)17-24)27(37)34-25-7-2-20(3-8-25)21-4-9-26(10-5-21)35-28(38)41-15-13-39-11-12-40-14-16-42-29(31,32)33/h1-3,6-8,17,21,26H,4-5,9-16,18-19H2,(H,34,37)(H,35,38). The number of benzene rings is 2. The Hall–Kier alpha value is -3.42. The summed E-state index contributed by atoms with van der Waals surface area (Å²) >= 11 is 0. The Morgan fingerprint density at radius 3 is 2.17 bits per heavy atom. The maximum absolute atomic E-state index is 13.5. The molecule has 0 atom stereocenters. The van der Waals surface area contributed by atoms with Crippen molar-refractivity contribution < 1.29 is 46.1 Å². The molecule has 0 aromatic heterocycles. The first-order valence-corrected chi connectivity index (χ1v) is 13.9. The Bertz CT molecular complexity index is 1170. The van der Waals surface area contributed by atoms with Gasteiger partial charge in [-0.05, 0) is 72.6 Å². The lowest BCUT2D eigenvalue weighted by molar-refractivity contribution is -0.327. The van der Waals surface area contributed by atoms with Gasteiger partial charge in [0.1, 0.15) is 12.4 Å². The molecule has 1 fully saturated rings.